The highest BCUT2D eigenvalue weighted by atomic mass is 79.9. The van der Waals surface area contributed by atoms with Crippen LogP contribution in [0.25, 0.3) is 0 Å². The van der Waals surface area contributed by atoms with Crippen LogP contribution < -0.4 is 5.32 Å². The Morgan fingerprint density at radius 1 is 1.26 bits per heavy atom. The molecule has 0 amide bonds. The molecule has 2 atom stereocenters. The van der Waals surface area contributed by atoms with Gasteiger partial charge in [-0.2, -0.15) is 0 Å². The summed E-state index contributed by atoms with van der Waals surface area (Å²) in [7, 11) is 0. The number of hydrogen-bond acceptors (Lipinski definition) is 1. The van der Waals surface area contributed by atoms with Gasteiger partial charge in [0.05, 0.1) is 0 Å². The lowest BCUT2D eigenvalue weighted by Gasteiger charge is -2.22. The fourth-order valence-electron chi connectivity index (χ4n) is 2.25. The summed E-state index contributed by atoms with van der Waals surface area (Å²) in [6.07, 6.45) is 4.35. The molecule has 0 aliphatic rings. The number of nitrogens with one attached hydrogen (secondary N) is 1. The molecule has 0 fully saturated rings. The van der Waals surface area contributed by atoms with E-state index >= 15 is 0 Å². The van der Waals surface area contributed by atoms with E-state index in [1.54, 1.807) is 6.07 Å². The summed E-state index contributed by atoms with van der Waals surface area (Å²) in [6.45, 7) is 7.70. The summed E-state index contributed by atoms with van der Waals surface area (Å²) in [5.74, 6) is 0.536. The van der Waals surface area contributed by atoms with Crippen molar-refractivity contribution in [3.8, 4) is 0 Å². The molecular weight excluding hydrogens is 305 g/mol. The molecule has 0 heterocycles. The molecule has 1 aromatic rings. The molecule has 0 radical (unpaired) electrons. The van der Waals surface area contributed by atoms with Crippen molar-refractivity contribution < 1.29 is 4.39 Å². The molecule has 0 spiro atoms. The Hall–Kier alpha value is -0.410. The molecule has 1 aromatic carbocycles. The topological polar surface area (TPSA) is 12.0 Å². The SMILES string of the molecule is CCCNC(Cc1cc(F)cc(Br)c1)CC(C)CC. The second-order valence-electron chi connectivity index (χ2n) is 5.38. The molecule has 0 aliphatic carbocycles. The number of halogens is 2. The van der Waals surface area contributed by atoms with E-state index in [1.165, 1.54) is 12.5 Å². The Labute approximate surface area is 125 Å². The fourth-order valence-corrected chi connectivity index (χ4v) is 2.77. The normalized spacial score (nSPS) is 14.4. The largest absolute Gasteiger partial charge is 0.314 e. The fraction of sp³-hybridized carbons (Fsp3) is 0.625. The van der Waals surface area contributed by atoms with E-state index in [9.17, 15) is 4.39 Å². The van der Waals surface area contributed by atoms with Gasteiger partial charge in [0.25, 0.3) is 0 Å². The van der Waals surface area contributed by atoms with E-state index in [2.05, 4.69) is 42.0 Å². The Bertz CT molecular complexity index is 361. The van der Waals surface area contributed by atoms with Crippen molar-refractivity contribution >= 4 is 15.9 Å². The Morgan fingerprint density at radius 3 is 2.58 bits per heavy atom. The predicted molar refractivity (Wildman–Crippen MR) is 84.0 cm³/mol. The highest BCUT2D eigenvalue weighted by Gasteiger charge is 2.13. The molecule has 0 bridgehead atoms. The second kappa shape index (κ2) is 8.70. The molecule has 2 unspecified atom stereocenters. The third kappa shape index (κ3) is 6.53. The third-order valence-corrected chi connectivity index (χ3v) is 3.93. The number of hydrogen-bond donors (Lipinski definition) is 1. The maximum atomic E-state index is 13.4. The molecule has 1 rings (SSSR count). The molecular formula is C16H25BrFN. The van der Waals surface area contributed by atoms with E-state index in [1.807, 2.05) is 6.07 Å². The molecule has 1 N–H and O–H groups in total. The summed E-state index contributed by atoms with van der Waals surface area (Å²) >= 11 is 3.36. The Morgan fingerprint density at radius 2 is 2.00 bits per heavy atom. The van der Waals surface area contributed by atoms with Crippen LogP contribution >= 0.6 is 15.9 Å². The van der Waals surface area contributed by atoms with Gasteiger partial charge in [0, 0.05) is 10.5 Å². The Kier molecular flexibility index (Phi) is 7.62. The predicted octanol–water partition coefficient (Wildman–Crippen LogP) is 4.94. The number of rotatable bonds is 8. The van der Waals surface area contributed by atoms with Crippen LogP contribution in [0.2, 0.25) is 0 Å². The minimum atomic E-state index is -0.165. The van der Waals surface area contributed by atoms with Crippen LogP contribution in [0.5, 0.6) is 0 Å². The summed E-state index contributed by atoms with van der Waals surface area (Å²) in [6, 6.07) is 5.60. The first-order valence-corrected chi connectivity index (χ1v) is 8.02. The van der Waals surface area contributed by atoms with Crippen molar-refractivity contribution in [2.45, 2.75) is 52.5 Å². The van der Waals surface area contributed by atoms with Gasteiger partial charge in [0.2, 0.25) is 0 Å². The zero-order chi connectivity index (χ0) is 14.3. The zero-order valence-corrected chi connectivity index (χ0v) is 13.8. The average molecular weight is 330 g/mol. The van der Waals surface area contributed by atoms with Crippen molar-refractivity contribution in [1.82, 2.24) is 5.32 Å². The first kappa shape index (κ1) is 16.6. The van der Waals surface area contributed by atoms with E-state index < -0.39 is 0 Å². The lowest BCUT2D eigenvalue weighted by atomic mass is 9.94. The van der Waals surface area contributed by atoms with Crippen molar-refractivity contribution in [3.63, 3.8) is 0 Å². The van der Waals surface area contributed by atoms with Crippen LogP contribution in [-0.4, -0.2) is 12.6 Å². The zero-order valence-electron chi connectivity index (χ0n) is 12.2. The molecule has 108 valence electrons. The molecule has 0 aromatic heterocycles. The van der Waals surface area contributed by atoms with E-state index in [0.717, 1.165) is 35.8 Å². The van der Waals surface area contributed by atoms with Crippen LogP contribution in [0.1, 0.15) is 45.6 Å². The van der Waals surface area contributed by atoms with Crippen LogP contribution in [0, 0.1) is 11.7 Å². The number of benzene rings is 1. The molecule has 19 heavy (non-hydrogen) atoms. The monoisotopic (exact) mass is 329 g/mol. The van der Waals surface area contributed by atoms with Crippen LogP contribution in [0.3, 0.4) is 0 Å². The van der Waals surface area contributed by atoms with Gasteiger partial charge in [0.15, 0.2) is 0 Å². The van der Waals surface area contributed by atoms with Gasteiger partial charge >= 0.3 is 0 Å². The van der Waals surface area contributed by atoms with Gasteiger partial charge in [-0.25, -0.2) is 4.39 Å². The third-order valence-electron chi connectivity index (χ3n) is 3.47. The molecule has 0 saturated carbocycles. The van der Waals surface area contributed by atoms with Gasteiger partial charge in [-0.1, -0.05) is 43.1 Å². The van der Waals surface area contributed by atoms with Crippen molar-refractivity contribution in [2.75, 3.05) is 6.54 Å². The van der Waals surface area contributed by atoms with Crippen LogP contribution in [-0.2, 0) is 6.42 Å². The lowest BCUT2D eigenvalue weighted by Crippen LogP contribution is -2.33. The van der Waals surface area contributed by atoms with Crippen molar-refractivity contribution in [1.29, 1.82) is 0 Å². The first-order valence-electron chi connectivity index (χ1n) is 7.23. The van der Waals surface area contributed by atoms with Gasteiger partial charge < -0.3 is 5.32 Å². The quantitative estimate of drug-likeness (QED) is 0.712. The van der Waals surface area contributed by atoms with Crippen molar-refractivity contribution in [2.24, 2.45) is 5.92 Å². The average Bonchev–Trinajstić information content (AvgIpc) is 2.34. The molecule has 0 saturated heterocycles. The van der Waals surface area contributed by atoms with Crippen LogP contribution in [0.15, 0.2) is 22.7 Å². The second-order valence-corrected chi connectivity index (χ2v) is 6.30. The highest BCUT2D eigenvalue weighted by Crippen LogP contribution is 2.19. The molecule has 1 nitrogen and oxygen atoms in total. The van der Waals surface area contributed by atoms with Gasteiger partial charge in [-0.05, 0) is 55.5 Å². The minimum Gasteiger partial charge on any atom is -0.314 e. The smallest absolute Gasteiger partial charge is 0.124 e. The summed E-state index contributed by atoms with van der Waals surface area (Å²) < 4.78 is 14.2. The maximum Gasteiger partial charge on any atom is 0.124 e. The summed E-state index contributed by atoms with van der Waals surface area (Å²) in [4.78, 5) is 0. The highest BCUT2D eigenvalue weighted by molar-refractivity contribution is 9.10. The van der Waals surface area contributed by atoms with Crippen molar-refractivity contribution in [3.05, 3.63) is 34.1 Å². The summed E-state index contributed by atoms with van der Waals surface area (Å²) in [5.41, 5.74) is 1.06. The van der Waals surface area contributed by atoms with Gasteiger partial charge in [-0.15, -0.1) is 0 Å². The van der Waals surface area contributed by atoms with Gasteiger partial charge in [0.1, 0.15) is 5.82 Å². The van der Waals surface area contributed by atoms with Gasteiger partial charge in [-0.3, -0.25) is 0 Å². The standard InChI is InChI=1S/C16H25BrFN/c1-4-6-19-16(7-12(3)5-2)10-13-8-14(17)11-15(18)9-13/h8-9,11-12,16,19H,4-7,10H2,1-3H3. The van der Waals surface area contributed by atoms with E-state index in [4.69, 9.17) is 0 Å². The first-order chi connectivity index (χ1) is 9.05. The summed E-state index contributed by atoms with van der Waals surface area (Å²) in [5, 5.41) is 3.58. The maximum absolute atomic E-state index is 13.4. The minimum absolute atomic E-state index is 0.165. The molecule has 0 aliphatic heterocycles. The Balaban J connectivity index is 2.69. The molecule has 3 heteroatoms. The van der Waals surface area contributed by atoms with E-state index in [0.29, 0.717) is 12.0 Å². The van der Waals surface area contributed by atoms with E-state index in [-0.39, 0.29) is 5.82 Å². The lowest BCUT2D eigenvalue weighted by molar-refractivity contribution is 0.391. The van der Waals surface area contributed by atoms with Crippen LogP contribution in [0.4, 0.5) is 4.39 Å².